The predicted molar refractivity (Wildman–Crippen MR) is 107 cm³/mol. The number of benzene rings is 2. The normalized spacial score (nSPS) is 11.0. The van der Waals surface area contributed by atoms with E-state index in [9.17, 15) is 4.79 Å². The number of aryl methyl sites for hydroxylation is 1. The minimum Gasteiger partial charge on any atom is -0.451 e. The van der Waals surface area contributed by atoms with Gasteiger partial charge in [-0.1, -0.05) is 48.0 Å². The quantitative estimate of drug-likeness (QED) is 0.415. The number of hydrogen-bond donors (Lipinski definition) is 0. The third kappa shape index (κ3) is 3.02. The first-order chi connectivity index (χ1) is 12.6. The Hall–Kier alpha value is -2.56. The van der Waals surface area contributed by atoms with E-state index in [1.807, 2.05) is 66.9 Å². The van der Waals surface area contributed by atoms with Crippen LogP contribution in [0.2, 0.25) is 5.02 Å². The molecule has 5 heteroatoms. The number of anilines is 1. The van der Waals surface area contributed by atoms with Crippen molar-refractivity contribution < 1.29 is 9.21 Å². The summed E-state index contributed by atoms with van der Waals surface area (Å²) in [7, 11) is 0. The molecule has 0 fully saturated rings. The summed E-state index contributed by atoms with van der Waals surface area (Å²) in [6, 6.07) is 19.0. The molecule has 130 valence electrons. The van der Waals surface area contributed by atoms with Crippen LogP contribution in [0, 0.1) is 6.92 Å². The fourth-order valence-electron chi connectivity index (χ4n) is 3.00. The van der Waals surface area contributed by atoms with E-state index in [-0.39, 0.29) is 5.91 Å². The first kappa shape index (κ1) is 16.9. The summed E-state index contributed by atoms with van der Waals surface area (Å²) in [6.45, 7) is 2.35. The van der Waals surface area contributed by atoms with E-state index >= 15 is 0 Å². The van der Waals surface area contributed by atoms with Crippen LogP contribution in [0.3, 0.4) is 0 Å². The Balaban J connectivity index is 1.81. The van der Waals surface area contributed by atoms with Gasteiger partial charge < -0.3 is 4.42 Å². The van der Waals surface area contributed by atoms with Crippen molar-refractivity contribution in [3.8, 4) is 0 Å². The van der Waals surface area contributed by atoms with Crippen LogP contribution in [0.25, 0.3) is 11.0 Å². The van der Waals surface area contributed by atoms with E-state index in [4.69, 9.17) is 16.0 Å². The molecule has 26 heavy (non-hydrogen) atoms. The van der Waals surface area contributed by atoms with Crippen LogP contribution < -0.4 is 4.90 Å². The Kier molecular flexibility index (Phi) is 4.53. The standard InChI is InChI=1S/C21H16ClNO2S/c1-14-16-8-2-5-11-19(16)25-20(14)21(24)23(13-15-7-6-12-26-15)18-10-4-3-9-17(18)22/h2-12H,13H2,1H3. The van der Waals surface area contributed by atoms with E-state index < -0.39 is 0 Å². The molecule has 0 atom stereocenters. The van der Waals surface area contributed by atoms with Crippen molar-refractivity contribution >= 4 is 45.5 Å². The van der Waals surface area contributed by atoms with Gasteiger partial charge in [0, 0.05) is 15.8 Å². The van der Waals surface area contributed by atoms with Gasteiger partial charge in [0.05, 0.1) is 17.3 Å². The van der Waals surface area contributed by atoms with Crippen molar-refractivity contribution in [2.45, 2.75) is 13.5 Å². The number of halogens is 1. The summed E-state index contributed by atoms with van der Waals surface area (Å²) in [5, 5.41) is 3.48. The second kappa shape index (κ2) is 6.98. The molecule has 4 aromatic rings. The summed E-state index contributed by atoms with van der Waals surface area (Å²) in [4.78, 5) is 16.1. The highest BCUT2D eigenvalue weighted by molar-refractivity contribution is 7.09. The third-order valence-corrected chi connectivity index (χ3v) is 5.50. The predicted octanol–water partition coefficient (Wildman–Crippen LogP) is 6.30. The average Bonchev–Trinajstić information content (AvgIpc) is 3.28. The zero-order chi connectivity index (χ0) is 18.1. The molecule has 0 aliphatic rings. The summed E-state index contributed by atoms with van der Waals surface area (Å²) in [5.41, 5.74) is 2.23. The number of furan rings is 1. The molecule has 0 saturated heterocycles. The van der Waals surface area contributed by atoms with Gasteiger partial charge in [-0.25, -0.2) is 0 Å². The Morgan fingerprint density at radius 3 is 2.58 bits per heavy atom. The first-order valence-electron chi connectivity index (χ1n) is 8.22. The largest absolute Gasteiger partial charge is 0.451 e. The molecule has 1 amide bonds. The monoisotopic (exact) mass is 381 g/mol. The van der Waals surface area contributed by atoms with Crippen molar-refractivity contribution in [3.63, 3.8) is 0 Å². The van der Waals surface area contributed by atoms with Crippen LogP contribution in [0.5, 0.6) is 0 Å². The topological polar surface area (TPSA) is 33.5 Å². The van der Waals surface area contributed by atoms with Crippen molar-refractivity contribution in [2.75, 3.05) is 4.90 Å². The maximum atomic E-state index is 13.4. The lowest BCUT2D eigenvalue weighted by molar-refractivity contribution is 0.0960. The number of carbonyl (C=O) groups is 1. The molecule has 0 aliphatic heterocycles. The van der Waals surface area contributed by atoms with Crippen LogP contribution in [0.1, 0.15) is 21.0 Å². The fraction of sp³-hybridized carbons (Fsp3) is 0.0952. The Morgan fingerprint density at radius 2 is 1.85 bits per heavy atom. The Bertz CT molecular complexity index is 1070. The number of fused-ring (bicyclic) bond motifs is 1. The first-order valence-corrected chi connectivity index (χ1v) is 9.48. The Labute approximate surface area is 160 Å². The van der Waals surface area contributed by atoms with Gasteiger partial charge >= 0.3 is 0 Å². The number of para-hydroxylation sites is 2. The second-order valence-electron chi connectivity index (χ2n) is 5.97. The summed E-state index contributed by atoms with van der Waals surface area (Å²) < 4.78 is 5.89. The number of amides is 1. The smallest absolute Gasteiger partial charge is 0.294 e. The molecule has 0 spiro atoms. The highest BCUT2D eigenvalue weighted by Crippen LogP contribution is 2.32. The van der Waals surface area contributed by atoms with Crippen molar-refractivity contribution in [3.05, 3.63) is 87.3 Å². The molecule has 0 saturated carbocycles. The molecule has 4 rings (SSSR count). The van der Waals surface area contributed by atoms with Crippen molar-refractivity contribution in [1.82, 2.24) is 0 Å². The van der Waals surface area contributed by atoms with E-state index in [0.717, 1.165) is 15.8 Å². The lowest BCUT2D eigenvalue weighted by Crippen LogP contribution is -2.30. The summed E-state index contributed by atoms with van der Waals surface area (Å²) >= 11 is 7.99. The van der Waals surface area contributed by atoms with Crippen molar-refractivity contribution in [1.29, 1.82) is 0 Å². The maximum Gasteiger partial charge on any atom is 0.294 e. The summed E-state index contributed by atoms with van der Waals surface area (Å²) in [6.07, 6.45) is 0. The molecule has 2 heterocycles. The number of hydrogen-bond acceptors (Lipinski definition) is 3. The minimum absolute atomic E-state index is 0.194. The zero-order valence-electron chi connectivity index (χ0n) is 14.1. The number of carbonyl (C=O) groups excluding carboxylic acids is 1. The van der Waals surface area contributed by atoms with E-state index in [0.29, 0.717) is 28.6 Å². The van der Waals surface area contributed by atoms with Gasteiger partial charge in [-0.05, 0) is 36.6 Å². The molecular formula is C21H16ClNO2S. The lowest BCUT2D eigenvalue weighted by Gasteiger charge is -2.22. The van der Waals surface area contributed by atoms with E-state index in [2.05, 4.69) is 0 Å². The van der Waals surface area contributed by atoms with E-state index in [1.165, 1.54) is 0 Å². The average molecular weight is 382 g/mol. The molecule has 2 aromatic carbocycles. The van der Waals surface area contributed by atoms with Gasteiger partial charge in [0.25, 0.3) is 5.91 Å². The lowest BCUT2D eigenvalue weighted by atomic mass is 10.1. The van der Waals surface area contributed by atoms with Gasteiger partial charge in [0.1, 0.15) is 5.58 Å². The van der Waals surface area contributed by atoms with Gasteiger partial charge in [-0.3, -0.25) is 9.69 Å². The molecule has 2 aromatic heterocycles. The highest BCUT2D eigenvalue weighted by atomic mass is 35.5. The van der Waals surface area contributed by atoms with Gasteiger partial charge in [-0.2, -0.15) is 0 Å². The molecule has 3 nitrogen and oxygen atoms in total. The maximum absolute atomic E-state index is 13.4. The second-order valence-corrected chi connectivity index (χ2v) is 7.41. The molecular weight excluding hydrogens is 366 g/mol. The molecule has 0 aliphatic carbocycles. The minimum atomic E-state index is -0.194. The molecule has 0 radical (unpaired) electrons. The Morgan fingerprint density at radius 1 is 1.08 bits per heavy atom. The number of rotatable bonds is 4. The molecule has 0 unspecified atom stereocenters. The summed E-state index contributed by atoms with van der Waals surface area (Å²) in [5.74, 6) is 0.155. The van der Waals surface area contributed by atoms with Crippen LogP contribution in [-0.2, 0) is 6.54 Å². The van der Waals surface area contributed by atoms with Crippen LogP contribution in [-0.4, -0.2) is 5.91 Å². The van der Waals surface area contributed by atoms with Gasteiger partial charge in [-0.15, -0.1) is 11.3 Å². The third-order valence-electron chi connectivity index (χ3n) is 4.32. The van der Waals surface area contributed by atoms with Crippen LogP contribution in [0.15, 0.2) is 70.5 Å². The van der Waals surface area contributed by atoms with Gasteiger partial charge in [0.2, 0.25) is 0 Å². The fourth-order valence-corrected chi connectivity index (χ4v) is 3.93. The van der Waals surface area contributed by atoms with Gasteiger partial charge in [0.15, 0.2) is 5.76 Å². The highest BCUT2D eigenvalue weighted by Gasteiger charge is 2.26. The van der Waals surface area contributed by atoms with E-state index in [1.54, 1.807) is 22.3 Å². The number of thiophene rings is 1. The van der Waals surface area contributed by atoms with Crippen molar-refractivity contribution in [2.24, 2.45) is 0 Å². The molecule has 0 bridgehead atoms. The molecule has 0 N–H and O–H groups in total. The van der Waals surface area contributed by atoms with Crippen LogP contribution in [0.4, 0.5) is 5.69 Å². The zero-order valence-corrected chi connectivity index (χ0v) is 15.7. The number of nitrogens with zero attached hydrogens (tertiary/aromatic N) is 1. The van der Waals surface area contributed by atoms with Crippen LogP contribution >= 0.6 is 22.9 Å². The SMILES string of the molecule is Cc1c(C(=O)N(Cc2cccs2)c2ccccc2Cl)oc2ccccc12.